The molecule has 4 N–H and O–H groups in total. The maximum absolute atomic E-state index is 14.4. The maximum Gasteiger partial charge on any atom is 0.407 e. The number of carbonyl (C=O) groups is 5. The predicted molar refractivity (Wildman–Crippen MR) is 223 cm³/mol. The van der Waals surface area contributed by atoms with Gasteiger partial charge in [0.15, 0.2) is 0 Å². The van der Waals surface area contributed by atoms with E-state index in [9.17, 15) is 32.4 Å². The zero-order valence-corrected chi connectivity index (χ0v) is 35.3. The first-order valence-electron chi connectivity index (χ1n) is 21.4. The zero-order valence-electron chi connectivity index (χ0n) is 34.5. The largest absolute Gasteiger partial charge is 0.492 e. The number of fused-ring (bicyclic) bond motifs is 5. The smallest absolute Gasteiger partial charge is 0.407 e. The number of nitrogens with zero attached hydrogens (tertiary/aromatic N) is 3. The van der Waals surface area contributed by atoms with Gasteiger partial charge in [0, 0.05) is 37.4 Å². The van der Waals surface area contributed by atoms with E-state index in [1.807, 2.05) is 30.3 Å². The quantitative estimate of drug-likeness (QED) is 0.190. The lowest BCUT2D eigenvalue weighted by Gasteiger charge is -2.27. The van der Waals surface area contributed by atoms with Crippen LogP contribution in [0, 0.1) is 11.8 Å². The van der Waals surface area contributed by atoms with Crippen LogP contribution in [0.2, 0.25) is 0 Å². The highest BCUT2D eigenvalue weighted by molar-refractivity contribution is 7.91. The first-order chi connectivity index (χ1) is 29.3. The third-order valence-electron chi connectivity index (χ3n) is 13.1. The van der Waals surface area contributed by atoms with E-state index in [0.717, 1.165) is 37.5 Å². The van der Waals surface area contributed by atoms with Gasteiger partial charge >= 0.3 is 12.1 Å². The number of pyridine rings is 1. The van der Waals surface area contributed by atoms with Crippen molar-refractivity contribution in [2.75, 3.05) is 39.3 Å². The second-order valence-electron chi connectivity index (χ2n) is 17.3. The van der Waals surface area contributed by atoms with Gasteiger partial charge in [-0.25, -0.2) is 23.0 Å². The van der Waals surface area contributed by atoms with Crippen LogP contribution in [0.1, 0.15) is 76.7 Å². The average Bonchev–Trinajstić information content (AvgIpc) is 3.94. The normalized spacial score (nSPS) is 28.5. The number of alkyl carbamates (subject to hydrolysis) is 1. The molecule has 0 radical (unpaired) electrons. The molecule has 8 rings (SSSR count). The lowest BCUT2D eigenvalue weighted by atomic mass is 9.99. The summed E-state index contributed by atoms with van der Waals surface area (Å²) in [6, 6.07) is 6.30. The van der Waals surface area contributed by atoms with E-state index in [2.05, 4.69) is 33.3 Å². The van der Waals surface area contributed by atoms with Crippen molar-refractivity contribution in [1.82, 2.24) is 35.5 Å². The molecule has 0 spiro atoms. The summed E-state index contributed by atoms with van der Waals surface area (Å²) in [5.74, 6) is -1.63. The number of urea groups is 1. The summed E-state index contributed by atoms with van der Waals surface area (Å²) in [7, 11) is -4.01. The van der Waals surface area contributed by atoms with Gasteiger partial charge < -0.3 is 40.0 Å². The molecule has 3 aliphatic carbocycles. The van der Waals surface area contributed by atoms with E-state index in [0.29, 0.717) is 68.8 Å². The Morgan fingerprint density at radius 3 is 2.67 bits per heavy atom. The molecule has 6 aliphatic rings. The summed E-state index contributed by atoms with van der Waals surface area (Å²) in [6.07, 6.45) is 9.92. The molecule has 4 unspecified atom stereocenters. The first kappa shape index (κ1) is 42.3. The SMILES string of the molecule is C=C[C@@H]1C[C@]1(NC(=O)C1CC2CN1C(=O)CNC(=O)OC1CCCC1CCC=CCc1c(nc3ccccc3c1OCCCN1CCNC1=O)O2)C(=O)NS(=O)(=O)C1(C)CC1. The molecule has 2 saturated heterocycles. The van der Waals surface area contributed by atoms with Crippen molar-refractivity contribution < 1.29 is 46.6 Å². The van der Waals surface area contributed by atoms with E-state index in [1.54, 1.807) is 11.8 Å². The van der Waals surface area contributed by atoms with Crippen molar-refractivity contribution in [3.05, 3.63) is 54.6 Å². The van der Waals surface area contributed by atoms with E-state index < -0.39 is 68.7 Å². The fourth-order valence-corrected chi connectivity index (χ4v) is 10.3. The number of sulfonamides is 1. The lowest BCUT2D eigenvalue weighted by molar-refractivity contribution is -0.139. The second-order valence-corrected chi connectivity index (χ2v) is 19.5. The van der Waals surface area contributed by atoms with Crippen LogP contribution in [0.5, 0.6) is 11.6 Å². The molecule has 61 heavy (non-hydrogen) atoms. The van der Waals surface area contributed by atoms with Gasteiger partial charge in [-0.3, -0.25) is 19.1 Å². The van der Waals surface area contributed by atoms with Crippen LogP contribution >= 0.6 is 0 Å². The van der Waals surface area contributed by atoms with Crippen LogP contribution in [-0.4, -0.2) is 121 Å². The highest BCUT2D eigenvalue weighted by Crippen LogP contribution is 2.47. The Hall–Kier alpha value is -5.39. The zero-order chi connectivity index (χ0) is 42.9. The molecule has 328 valence electrons. The van der Waals surface area contributed by atoms with Crippen LogP contribution in [0.15, 0.2) is 49.1 Å². The topological polar surface area (TPSA) is 215 Å². The number of nitrogens with one attached hydrogen (secondary N) is 4. The first-order valence-corrected chi connectivity index (χ1v) is 22.9. The van der Waals surface area contributed by atoms with Crippen LogP contribution in [-0.2, 0) is 35.6 Å². The highest BCUT2D eigenvalue weighted by Gasteiger charge is 2.63. The molecule has 4 heterocycles. The Morgan fingerprint density at radius 1 is 1.10 bits per heavy atom. The number of para-hydroxylation sites is 1. The van der Waals surface area contributed by atoms with Gasteiger partial charge in [0.2, 0.25) is 27.7 Å². The molecular formula is C43H55N7O10S. The third-order valence-corrected chi connectivity index (χ3v) is 15.3. The van der Waals surface area contributed by atoms with Crippen molar-refractivity contribution in [2.45, 2.75) is 106 Å². The number of aromatic nitrogens is 1. The Morgan fingerprint density at radius 2 is 1.92 bits per heavy atom. The fourth-order valence-electron chi connectivity index (χ4n) is 9.03. The number of benzene rings is 1. The molecule has 6 amide bonds. The van der Waals surface area contributed by atoms with Crippen LogP contribution < -0.4 is 30.1 Å². The van der Waals surface area contributed by atoms with Gasteiger partial charge in [0.1, 0.15) is 36.1 Å². The summed E-state index contributed by atoms with van der Waals surface area (Å²) >= 11 is 0. The molecular weight excluding hydrogens is 807 g/mol. The van der Waals surface area contributed by atoms with Crippen molar-refractivity contribution in [1.29, 1.82) is 0 Å². The molecule has 3 aliphatic heterocycles. The Kier molecular flexibility index (Phi) is 11.9. The van der Waals surface area contributed by atoms with Gasteiger partial charge in [-0.05, 0) is 89.2 Å². The van der Waals surface area contributed by atoms with E-state index >= 15 is 0 Å². The van der Waals surface area contributed by atoms with E-state index in [-0.39, 0.29) is 43.3 Å². The number of allylic oxidation sites excluding steroid dienone is 2. The second kappa shape index (κ2) is 17.2. The number of ether oxygens (including phenoxy) is 3. The molecule has 5 fully saturated rings. The number of hydrogen-bond acceptors (Lipinski definition) is 11. The van der Waals surface area contributed by atoms with Crippen LogP contribution in [0.3, 0.4) is 0 Å². The fraction of sp³-hybridized carbons (Fsp3) is 0.581. The van der Waals surface area contributed by atoms with E-state index in [4.69, 9.17) is 19.2 Å². The minimum absolute atomic E-state index is 0.00350. The average molecular weight is 862 g/mol. The minimum Gasteiger partial charge on any atom is -0.492 e. The highest BCUT2D eigenvalue weighted by atomic mass is 32.2. The Labute approximate surface area is 355 Å². The molecule has 2 bridgehead atoms. The van der Waals surface area contributed by atoms with Gasteiger partial charge in [0.05, 0.1) is 29.0 Å². The molecule has 2 aromatic rings. The number of carbonyl (C=O) groups excluding carboxylic acids is 5. The van der Waals surface area contributed by atoms with Crippen LogP contribution in [0.4, 0.5) is 9.59 Å². The number of rotatable bonds is 11. The van der Waals surface area contributed by atoms with Crippen molar-refractivity contribution >= 4 is 50.8 Å². The summed E-state index contributed by atoms with van der Waals surface area (Å²) in [5, 5.41) is 8.99. The molecule has 17 nitrogen and oxygen atoms in total. The van der Waals surface area contributed by atoms with E-state index in [1.165, 1.54) is 11.0 Å². The van der Waals surface area contributed by atoms with Gasteiger partial charge in [0.25, 0.3) is 5.91 Å². The molecule has 6 atom stereocenters. The molecule has 1 aromatic carbocycles. The number of hydrogen-bond donors (Lipinski definition) is 4. The van der Waals surface area contributed by atoms with Crippen LogP contribution in [0.25, 0.3) is 10.9 Å². The summed E-state index contributed by atoms with van der Waals surface area (Å²) < 4.78 is 46.3. The number of amides is 6. The third kappa shape index (κ3) is 8.86. The van der Waals surface area contributed by atoms with Crippen molar-refractivity contribution in [2.24, 2.45) is 11.8 Å². The predicted octanol–water partition coefficient (Wildman–Crippen LogP) is 3.22. The lowest BCUT2D eigenvalue weighted by Crippen LogP contribution is -2.57. The molecule has 1 aromatic heterocycles. The van der Waals surface area contributed by atoms with Crippen molar-refractivity contribution in [3.8, 4) is 11.6 Å². The molecule has 18 heteroatoms. The standard InChI is InChI=1S/C43H55N7O10S/c1-3-28-24-43(28,39(53)48-61(56,57)42(2)17-18-42)47-37(52)33-23-29-26-50(33)35(51)25-45-41(55)60-34-16-9-12-27(34)11-5-4-6-14-31-36(58-22-10-20-49-21-19-44-40(49)54)30-13-7-8-15-32(30)46-38(31)59-29/h3-4,6-8,13,15,27-29,33-34H,1,5,9-12,14,16-26H2,2H3,(H,44,54)(H,45,55)(H,47,52)(H,48,53)/t27?,28-,29?,33?,34?,43-/m1/s1. The minimum atomic E-state index is -4.01. The monoisotopic (exact) mass is 861 g/mol. The summed E-state index contributed by atoms with van der Waals surface area (Å²) in [5.41, 5.74) is -0.284. The Balaban J connectivity index is 1.09. The molecule has 3 saturated carbocycles. The Bertz CT molecular complexity index is 2230. The van der Waals surface area contributed by atoms with Gasteiger partial charge in [-0.15, -0.1) is 6.58 Å². The summed E-state index contributed by atoms with van der Waals surface area (Å²) in [4.78, 5) is 75.2. The van der Waals surface area contributed by atoms with Crippen molar-refractivity contribution in [3.63, 3.8) is 0 Å². The van der Waals surface area contributed by atoms with Gasteiger partial charge in [-0.2, -0.15) is 0 Å². The van der Waals surface area contributed by atoms with Gasteiger partial charge in [-0.1, -0.05) is 30.4 Å². The summed E-state index contributed by atoms with van der Waals surface area (Å²) in [6.45, 7) is 6.93. The maximum atomic E-state index is 14.4.